The number of anilines is 1. The third-order valence-corrected chi connectivity index (χ3v) is 4.12. The summed E-state index contributed by atoms with van der Waals surface area (Å²) in [5, 5.41) is 3.37. The number of benzene rings is 1. The van der Waals surface area contributed by atoms with Gasteiger partial charge in [0, 0.05) is 18.1 Å². The van der Waals surface area contributed by atoms with Crippen molar-refractivity contribution in [3.63, 3.8) is 0 Å². The fourth-order valence-electron chi connectivity index (χ4n) is 2.58. The number of hydrogen-bond donors (Lipinski definition) is 2. The number of hydrogen-bond acceptors (Lipinski definition) is 3. The molecule has 1 fully saturated rings. The van der Waals surface area contributed by atoms with Crippen molar-refractivity contribution in [2.45, 2.75) is 12.8 Å². The fourth-order valence-corrected chi connectivity index (χ4v) is 2.93. The van der Waals surface area contributed by atoms with Gasteiger partial charge in [0.1, 0.15) is 0 Å². The van der Waals surface area contributed by atoms with Gasteiger partial charge in [-0.15, -0.1) is 0 Å². The Morgan fingerprint density at radius 2 is 2.16 bits per heavy atom. The molecule has 0 aromatic heterocycles. The topological polar surface area (TPSA) is 58.4 Å². The maximum atomic E-state index is 11.5. The predicted molar refractivity (Wildman–Crippen MR) is 81.5 cm³/mol. The van der Waals surface area contributed by atoms with Gasteiger partial charge in [-0.25, -0.2) is 0 Å². The Bertz CT molecular complexity index is 458. The summed E-state index contributed by atoms with van der Waals surface area (Å²) < 4.78 is 0.963. The quantitative estimate of drug-likeness (QED) is 0.890. The Labute approximate surface area is 122 Å². The standard InChI is InChI=1S/C14H20BrN3O/c1-18(9-10-4-6-17-7-5-10)13-8-11(15)2-3-12(13)14(16)19/h2-3,8,10,17H,4-7,9H2,1H3,(H2,16,19). The Hall–Kier alpha value is -1.07. The smallest absolute Gasteiger partial charge is 0.250 e. The van der Waals surface area contributed by atoms with Crippen LogP contribution in [0.5, 0.6) is 0 Å². The van der Waals surface area contributed by atoms with E-state index in [1.807, 2.05) is 19.2 Å². The van der Waals surface area contributed by atoms with Crippen LogP contribution in [0, 0.1) is 5.92 Å². The van der Waals surface area contributed by atoms with Crippen LogP contribution in [0.15, 0.2) is 22.7 Å². The summed E-state index contributed by atoms with van der Waals surface area (Å²) >= 11 is 3.45. The van der Waals surface area contributed by atoms with Crippen LogP contribution in [-0.2, 0) is 0 Å². The summed E-state index contributed by atoms with van der Waals surface area (Å²) in [6.07, 6.45) is 2.37. The Kier molecular flexibility index (Phi) is 4.82. The molecule has 1 aliphatic heterocycles. The van der Waals surface area contributed by atoms with Crippen molar-refractivity contribution in [3.05, 3.63) is 28.2 Å². The zero-order chi connectivity index (χ0) is 13.8. The normalized spacial score (nSPS) is 16.3. The molecule has 0 saturated carbocycles. The molecule has 5 heteroatoms. The Morgan fingerprint density at radius 3 is 2.79 bits per heavy atom. The highest BCUT2D eigenvalue weighted by molar-refractivity contribution is 9.10. The second kappa shape index (κ2) is 6.39. The monoisotopic (exact) mass is 325 g/mol. The lowest BCUT2D eigenvalue weighted by Gasteiger charge is -2.29. The Balaban J connectivity index is 2.14. The number of carbonyl (C=O) groups is 1. The summed E-state index contributed by atoms with van der Waals surface area (Å²) in [6.45, 7) is 3.12. The third-order valence-electron chi connectivity index (χ3n) is 3.63. The minimum atomic E-state index is -0.375. The van der Waals surface area contributed by atoms with Crippen molar-refractivity contribution < 1.29 is 4.79 Å². The second-order valence-electron chi connectivity index (χ2n) is 5.10. The van der Waals surface area contributed by atoms with Crippen LogP contribution < -0.4 is 16.0 Å². The zero-order valence-corrected chi connectivity index (χ0v) is 12.7. The lowest BCUT2D eigenvalue weighted by molar-refractivity contribution is 0.100. The number of piperidine rings is 1. The number of nitrogens with one attached hydrogen (secondary N) is 1. The van der Waals surface area contributed by atoms with Gasteiger partial charge in [0.15, 0.2) is 0 Å². The molecule has 1 aromatic carbocycles. The first-order chi connectivity index (χ1) is 9.08. The molecule has 1 saturated heterocycles. The van der Waals surface area contributed by atoms with E-state index in [2.05, 4.69) is 26.1 Å². The molecule has 1 aromatic rings. The van der Waals surface area contributed by atoms with Crippen molar-refractivity contribution >= 4 is 27.5 Å². The number of primary amides is 1. The molecule has 0 radical (unpaired) electrons. The zero-order valence-electron chi connectivity index (χ0n) is 11.2. The highest BCUT2D eigenvalue weighted by atomic mass is 79.9. The average Bonchev–Trinajstić information content (AvgIpc) is 2.39. The molecule has 0 aliphatic carbocycles. The van der Waals surface area contributed by atoms with Crippen LogP contribution in [0.2, 0.25) is 0 Å². The molecule has 104 valence electrons. The summed E-state index contributed by atoms with van der Waals surface area (Å²) in [5.74, 6) is 0.297. The van der Waals surface area contributed by atoms with Gasteiger partial charge in [-0.1, -0.05) is 15.9 Å². The SMILES string of the molecule is CN(CC1CCNCC1)c1cc(Br)ccc1C(N)=O. The van der Waals surface area contributed by atoms with E-state index in [0.717, 1.165) is 29.8 Å². The number of rotatable bonds is 4. The number of amides is 1. The molecule has 4 nitrogen and oxygen atoms in total. The summed E-state index contributed by atoms with van der Waals surface area (Å²) in [6, 6.07) is 5.59. The van der Waals surface area contributed by atoms with Gasteiger partial charge >= 0.3 is 0 Å². The predicted octanol–water partition coefficient (Wildman–Crippen LogP) is 1.98. The highest BCUT2D eigenvalue weighted by Gasteiger charge is 2.18. The van der Waals surface area contributed by atoms with Gasteiger partial charge in [0.25, 0.3) is 5.91 Å². The van der Waals surface area contributed by atoms with Crippen LogP contribution in [0.25, 0.3) is 0 Å². The number of nitrogens with two attached hydrogens (primary N) is 1. The third kappa shape index (κ3) is 3.70. The minimum absolute atomic E-state index is 0.375. The van der Waals surface area contributed by atoms with Crippen LogP contribution in [0.4, 0.5) is 5.69 Å². The van der Waals surface area contributed by atoms with Gasteiger partial charge < -0.3 is 16.0 Å². The van der Waals surface area contributed by atoms with E-state index in [9.17, 15) is 4.79 Å². The number of nitrogens with zero attached hydrogens (tertiary/aromatic N) is 1. The molecular weight excluding hydrogens is 306 g/mol. The van der Waals surface area contributed by atoms with Gasteiger partial charge in [-0.05, 0) is 50.0 Å². The van der Waals surface area contributed by atoms with Gasteiger partial charge in [-0.3, -0.25) is 4.79 Å². The molecule has 0 atom stereocenters. The number of halogens is 1. The van der Waals surface area contributed by atoms with Gasteiger partial charge in [0.05, 0.1) is 11.3 Å². The van der Waals surface area contributed by atoms with Crippen LogP contribution in [-0.4, -0.2) is 32.6 Å². The van der Waals surface area contributed by atoms with E-state index in [1.165, 1.54) is 12.8 Å². The van der Waals surface area contributed by atoms with Crippen molar-refractivity contribution in [2.75, 3.05) is 31.6 Å². The molecule has 1 aliphatic rings. The molecule has 0 unspecified atom stereocenters. The van der Waals surface area contributed by atoms with Crippen molar-refractivity contribution in [3.8, 4) is 0 Å². The van der Waals surface area contributed by atoms with Crippen LogP contribution >= 0.6 is 15.9 Å². The average molecular weight is 326 g/mol. The maximum absolute atomic E-state index is 11.5. The molecule has 1 amide bonds. The lowest BCUT2D eigenvalue weighted by Crippen LogP contribution is -2.35. The first-order valence-electron chi connectivity index (χ1n) is 6.59. The first-order valence-corrected chi connectivity index (χ1v) is 7.38. The van der Waals surface area contributed by atoms with E-state index in [-0.39, 0.29) is 5.91 Å². The van der Waals surface area contributed by atoms with Crippen molar-refractivity contribution in [2.24, 2.45) is 11.7 Å². The van der Waals surface area contributed by atoms with Crippen molar-refractivity contribution in [1.29, 1.82) is 0 Å². The lowest BCUT2D eigenvalue weighted by atomic mass is 9.97. The van der Waals surface area contributed by atoms with E-state index in [1.54, 1.807) is 6.07 Å². The highest BCUT2D eigenvalue weighted by Crippen LogP contribution is 2.26. The largest absolute Gasteiger partial charge is 0.374 e. The van der Waals surface area contributed by atoms with Crippen LogP contribution in [0.1, 0.15) is 23.2 Å². The van der Waals surface area contributed by atoms with Crippen molar-refractivity contribution in [1.82, 2.24) is 5.32 Å². The first kappa shape index (κ1) is 14.3. The van der Waals surface area contributed by atoms with E-state index in [0.29, 0.717) is 11.5 Å². The van der Waals surface area contributed by atoms with E-state index >= 15 is 0 Å². The Morgan fingerprint density at radius 1 is 1.47 bits per heavy atom. The summed E-state index contributed by atoms with van der Waals surface area (Å²) in [5.41, 5.74) is 6.93. The molecule has 2 rings (SSSR count). The summed E-state index contributed by atoms with van der Waals surface area (Å²) in [7, 11) is 2.02. The molecule has 19 heavy (non-hydrogen) atoms. The summed E-state index contributed by atoms with van der Waals surface area (Å²) in [4.78, 5) is 13.6. The molecule has 0 bridgehead atoms. The van der Waals surface area contributed by atoms with E-state index in [4.69, 9.17) is 5.73 Å². The van der Waals surface area contributed by atoms with E-state index < -0.39 is 0 Å². The van der Waals surface area contributed by atoms with Gasteiger partial charge in [-0.2, -0.15) is 0 Å². The molecule has 0 spiro atoms. The van der Waals surface area contributed by atoms with Crippen LogP contribution in [0.3, 0.4) is 0 Å². The fraction of sp³-hybridized carbons (Fsp3) is 0.500. The minimum Gasteiger partial charge on any atom is -0.374 e. The second-order valence-corrected chi connectivity index (χ2v) is 6.02. The number of carbonyl (C=O) groups excluding carboxylic acids is 1. The molecule has 3 N–H and O–H groups in total. The molecule has 1 heterocycles. The van der Waals surface area contributed by atoms with Gasteiger partial charge in [0.2, 0.25) is 0 Å². The maximum Gasteiger partial charge on any atom is 0.250 e. The molecular formula is C14H20BrN3O.